The third-order valence-electron chi connectivity index (χ3n) is 2.77. The van der Waals surface area contributed by atoms with E-state index >= 15 is 0 Å². The van der Waals surface area contributed by atoms with Crippen molar-refractivity contribution < 1.29 is 18.1 Å². The molecule has 0 fully saturated rings. The van der Waals surface area contributed by atoms with E-state index in [2.05, 4.69) is 0 Å². The van der Waals surface area contributed by atoms with E-state index in [4.69, 9.17) is 10.5 Å². The molecule has 0 saturated carbocycles. The van der Waals surface area contributed by atoms with Crippen LogP contribution in [0.2, 0.25) is 0 Å². The quantitative estimate of drug-likeness (QED) is 0.596. The Balaban J connectivity index is 2.99. The topological polar surface area (TPSA) is 113 Å². The van der Waals surface area contributed by atoms with Crippen molar-refractivity contribution in [3.05, 3.63) is 33.9 Å². The number of nitro benzene ring substituents is 1. The standard InChI is InChI=1S/C12H18N2O5S/c1-9(6-13)7-20(17,18)8-10-3-4-12(19-2)11(5-10)14(15)16/h3-5,9H,6-8,13H2,1-2H3. The summed E-state index contributed by atoms with van der Waals surface area (Å²) in [6, 6.07) is 4.13. The maximum absolute atomic E-state index is 11.9. The summed E-state index contributed by atoms with van der Waals surface area (Å²) in [6.45, 7) is 2.02. The highest BCUT2D eigenvalue weighted by atomic mass is 32.2. The maximum atomic E-state index is 11.9. The summed E-state index contributed by atoms with van der Waals surface area (Å²) >= 11 is 0. The summed E-state index contributed by atoms with van der Waals surface area (Å²) in [6.07, 6.45) is 0. The van der Waals surface area contributed by atoms with E-state index in [-0.39, 0.29) is 35.4 Å². The first-order chi connectivity index (χ1) is 9.29. The van der Waals surface area contributed by atoms with E-state index in [0.29, 0.717) is 5.56 Å². The Morgan fingerprint density at radius 1 is 1.45 bits per heavy atom. The molecule has 1 rings (SSSR count). The molecule has 112 valence electrons. The summed E-state index contributed by atoms with van der Waals surface area (Å²) in [4.78, 5) is 10.3. The van der Waals surface area contributed by atoms with Crippen molar-refractivity contribution in [2.24, 2.45) is 11.7 Å². The van der Waals surface area contributed by atoms with Crippen molar-refractivity contribution in [3.63, 3.8) is 0 Å². The minimum atomic E-state index is -3.35. The van der Waals surface area contributed by atoms with Crippen LogP contribution in [-0.4, -0.2) is 32.7 Å². The SMILES string of the molecule is COc1ccc(CS(=O)(=O)CC(C)CN)cc1[N+](=O)[O-]. The molecule has 7 nitrogen and oxygen atoms in total. The van der Waals surface area contributed by atoms with Crippen molar-refractivity contribution in [1.29, 1.82) is 0 Å². The summed E-state index contributed by atoms with van der Waals surface area (Å²) in [5, 5.41) is 10.9. The third kappa shape index (κ3) is 4.46. The van der Waals surface area contributed by atoms with Gasteiger partial charge in [0.15, 0.2) is 15.6 Å². The first-order valence-corrected chi connectivity index (χ1v) is 7.83. The van der Waals surface area contributed by atoms with Crippen LogP contribution in [0.5, 0.6) is 5.75 Å². The highest BCUT2D eigenvalue weighted by molar-refractivity contribution is 7.90. The molecule has 0 bridgehead atoms. The summed E-state index contributed by atoms with van der Waals surface area (Å²) in [7, 11) is -2.03. The zero-order chi connectivity index (χ0) is 15.3. The summed E-state index contributed by atoms with van der Waals surface area (Å²) in [5.41, 5.74) is 5.52. The Morgan fingerprint density at radius 3 is 2.60 bits per heavy atom. The molecule has 8 heteroatoms. The molecule has 0 aliphatic carbocycles. The molecule has 1 aromatic rings. The molecule has 0 amide bonds. The van der Waals surface area contributed by atoms with Crippen LogP contribution in [0.15, 0.2) is 18.2 Å². The fourth-order valence-electron chi connectivity index (χ4n) is 1.78. The fraction of sp³-hybridized carbons (Fsp3) is 0.500. The lowest BCUT2D eigenvalue weighted by Gasteiger charge is -2.10. The van der Waals surface area contributed by atoms with Gasteiger partial charge < -0.3 is 10.5 Å². The van der Waals surface area contributed by atoms with Crippen LogP contribution in [0.1, 0.15) is 12.5 Å². The van der Waals surface area contributed by atoms with Gasteiger partial charge in [-0.25, -0.2) is 8.42 Å². The number of methoxy groups -OCH3 is 1. The molecule has 0 heterocycles. The van der Waals surface area contributed by atoms with Gasteiger partial charge >= 0.3 is 5.69 Å². The fourth-order valence-corrected chi connectivity index (χ4v) is 3.59. The van der Waals surface area contributed by atoms with E-state index in [1.54, 1.807) is 6.92 Å². The number of hydrogen-bond acceptors (Lipinski definition) is 6. The molecule has 2 N–H and O–H groups in total. The van der Waals surface area contributed by atoms with Gasteiger partial charge in [-0.1, -0.05) is 13.0 Å². The molecule has 0 aliphatic heterocycles. The number of nitrogens with two attached hydrogens (primary N) is 1. The molecule has 0 aromatic heterocycles. The normalized spacial score (nSPS) is 12.9. The summed E-state index contributed by atoms with van der Waals surface area (Å²) in [5.74, 6) is -0.328. The van der Waals surface area contributed by atoms with E-state index in [9.17, 15) is 18.5 Å². The van der Waals surface area contributed by atoms with E-state index in [1.807, 2.05) is 0 Å². The van der Waals surface area contributed by atoms with Gasteiger partial charge in [0, 0.05) is 6.07 Å². The lowest BCUT2D eigenvalue weighted by atomic mass is 10.2. The second kappa shape index (κ2) is 6.67. The number of nitro groups is 1. The predicted molar refractivity (Wildman–Crippen MR) is 75.4 cm³/mol. The van der Waals surface area contributed by atoms with Crippen molar-refractivity contribution >= 4 is 15.5 Å². The third-order valence-corrected chi connectivity index (χ3v) is 4.62. The Morgan fingerprint density at radius 2 is 2.10 bits per heavy atom. The molecule has 0 aliphatic rings. The molecule has 0 saturated heterocycles. The molecular formula is C12H18N2O5S. The van der Waals surface area contributed by atoms with Gasteiger partial charge in [-0.3, -0.25) is 10.1 Å². The van der Waals surface area contributed by atoms with Crippen LogP contribution in [0.25, 0.3) is 0 Å². The Bertz CT molecular complexity index is 586. The van der Waals surface area contributed by atoms with Gasteiger partial charge in [-0.05, 0) is 24.1 Å². The summed E-state index contributed by atoms with van der Waals surface area (Å²) < 4.78 is 28.8. The van der Waals surface area contributed by atoms with Gasteiger partial charge in [0.2, 0.25) is 0 Å². The number of rotatable bonds is 7. The molecule has 0 radical (unpaired) electrons. The average Bonchev–Trinajstić information content (AvgIpc) is 2.37. The number of hydrogen-bond donors (Lipinski definition) is 1. The van der Waals surface area contributed by atoms with Crippen molar-refractivity contribution in [3.8, 4) is 5.75 Å². The Kier molecular flexibility index (Phi) is 5.46. The second-order valence-electron chi connectivity index (χ2n) is 4.66. The Labute approximate surface area is 117 Å². The average molecular weight is 302 g/mol. The van der Waals surface area contributed by atoms with Crippen LogP contribution >= 0.6 is 0 Å². The number of benzene rings is 1. The van der Waals surface area contributed by atoms with Crippen LogP contribution in [0, 0.1) is 16.0 Å². The second-order valence-corrected chi connectivity index (χ2v) is 6.77. The van der Waals surface area contributed by atoms with Gasteiger partial charge in [-0.15, -0.1) is 0 Å². The van der Waals surface area contributed by atoms with Crippen LogP contribution in [0.3, 0.4) is 0 Å². The minimum absolute atomic E-state index is 0.0384. The highest BCUT2D eigenvalue weighted by Gasteiger charge is 2.20. The first-order valence-electron chi connectivity index (χ1n) is 6.01. The number of nitrogens with zero attached hydrogens (tertiary/aromatic N) is 1. The minimum Gasteiger partial charge on any atom is -0.490 e. The molecule has 20 heavy (non-hydrogen) atoms. The molecule has 0 spiro atoms. The number of sulfone groups is 1. The van der Waals surface area contributed by atoms with Crippen LogP contribution in [0.4, 0.5) is 5.69 Å². The van der Waals surface area contributed by atoms with Crippen molar-refractivity contribution in [2.45, 2.75) is 12.7 Å². The van der Waals surface area contributed by atoms with Gasteiger partial charge in [-0.2, -0.15) is 0 Å². The van der Waals surface area contributed by atoms with E-state index in [0.717, 1.165) is 0 Å². The molecule has 1 atom stereocenters. The molecule has 1 aromatic carbocycles. The van der Waals surface area contributed by atoms with Gasteiger partial charge in [0.05, 0.1) is 23.5 Å². The van der Waals surface area contributed by atoms with Gasteiger partial charge in [0.1, 0.15) is 0 Å². The van der Waals surface area contributed by atoms with E-state index < -0.39 is 14.8 Å². The van der Waals surface area contributed by atoms with Crippen molar-refractivity contribution in [2.75, 3.05) is 19.4 Å². The predicted octanol–water partition coefficient (Wildman–Crippen LogP) is 1.11. The van der Waals surface area contributed by atoms with Crippen molar-refractivity contribution in [1.82, 2.24) is 0 Å². The maximum Gasteiger partial charge on any atom is 0.311 e. The molecular weight excluding hydrogens is 284 g/mol. The monoisotopic (exact) mass is 302 g/mol. The van der Waals surface area contributed by atoms with Crippen LogP contribution in [-0.2, 0) is 15.6 Å². The van der Waals surface area contributed by atoms with Gasteiger partial charge in [0.25, 0.3) is 0 Å². The zero-order valence-electron chi connectivity index (χ0n) is 11.4. The first kappa shape index (κ1) is 16.4. The highest BCUT2D eigenvalue weighted by Crippen LogP contribution is 2.28. The largest absolute Gasteiger partial charge is 0.490 e. The lowest BCUT2D eigenvalue weighted by molar-refractivity contribution is -0.385. The van der Waals surface area contributed by atoms with Crippen LogP contribution < -0.4 is 10.5 Å². The molecule has 1 unspecified atom stereocenters. The number of ether oxygens (including phenoxy) is 1. The smallest absolute Gasteiger partial charge is 0.311 e. The zero-order valence-corrected chi connectivity index (χ0v) is 12.2. The van der Waals surface area contributed by atoms with E-state index in [1.165, 1.54) is 25.3 Å². The Hall–Kier alpha value is -1.67. The lowest BCUT2D eigenvalue weighted by Crippen LogP contribution is -2.22.